The molecule has 1 aliphatic heterocycles. The van der Waals surface area contributed by atoms with Crippen molar-refractivity contribution >= 4 is 18.0 Å². The third-order valence-corrected chi connectivity index (χ3v) is 5.77. The van der Waals surface area contributed by atoms with Crippen LogP contribution in [0.2, 0.25) is 0 Å². The van der Waals surface area contributed by atoms with E-state index >= 15 is 0 Å². The summed E-state index contributed by atoms with van der Waals surface area (Å²) in [5.74, 6) is -0.0486. The van der Waals surface area contributed by atoms with Crippen molar-refractivity contribution in [2.45, 2.75) is 73.0 Å². The maximum atomic E-state index is 13.3. The van der Waals surface area contributed by atoms with Gasteiger partial charge in [-0.05, 0) is 55.2 Å². The predicted octanol–water partition coefficient (Wildman–Crippen LogP) is 7.94. The Bertz CT molecular complexity index is 1260. The quantitative estimate of drug-likeness (QED) is 0.342. The molecule has 204 valence electrons. The first-order valence-electron chi connectivity index (χ1n) is 13.0. The van der Waals surface area contributed by atoms with Gasteiger partial charge < -0.3 is 14.8 Å². The maximum Gasteiger partial charge on any atom is 0.586 e. The van der Waals surface area contributed by atoms with Crippen molar-refractivity contribution < 1.29 is 27.8 Å². The van der Waals surface area contributed by atoms with Crippen molar-refractivity contribution in [1.82, 2.24) is 4.98 Å². The Hall–Kier alpha value is -3.81. The van der Waals surface area contributed by atoms with E-state index in [2.05, 4.69) is 19.8 Å². The summed E-state index contributed by atoms with van der Waals surface area (Å²) < 4.78 is 35.6. The number of hydrogen-bond donors (Lipinski definition) is 1. The van der Waals surface area contributed by atoms with Crippen LogP contribution in [0.3, 0.4) is 0 Å². The first kappa shape index (κ1) is 30.4. The number of carbonyl (C=O) groups excluding carboxylic acids is 2. The average molecular weight is 527 g/mol. The third kappa shape index (κ3) is 6.54. The zero-order valence-electron chi connectivity index (χ0n) is 23.0. The van der Waals surface area contributed by atoms with E-state index in [4.69, 9.17) is 0 Å². The van der Waals surface area contributed by atoms with E-state index in [1.807, 2.05) is 60.6 Å². The molecule has 1 N–H and O–H groups in total. The number of aldehydes is 1. The lowest BCUT2D eigenvalue weighted by molar-refractivity contribution is -0.286. The summed E-state index contributed by atoms with van der Waals surface area (Å²) in [6, 6.07) is 15.0. The van der Waals surface area contributed by atoms with Crippen molar-refractivity contribution in [3.05, 3.63) is 71.3 Å². The molecule has 5 rings (SSSR count). The molecule has 8 heteroatoms. The SMILES string of the molecule is CC.CC.CC.Cc1ccc(NC(=O)C2(c3ccc4c(c3)OC(F)(F)O4)CC2)nc1-c1cccc(C=O)c1. The smallest absolute Gasteiger partial charge is 0.395 e. The molecule has 0 saturated heterocycles. The first-order valence-corrected chi connectivity index (χ1v) is 13.0. The molecule has 38 heavy (non-hydrogen) atoms. The predicted molar refractivity (Wildman–Crippen MR) is 146 cm³/mol. The van der Waals surface area contributed by atoms with Crippen LogP contribution in [0.4, 0.5) is 14.6 Å². The van der Waals surface area contributed by atoms with Crippen molar-refractivity contribution in [3.8, 4) is 22.8 Å². The summed E-state index contributed by atoms with van der Waals surface area (Å²) in [6.07, 6.45) is -1.78. The van der Waals surface area contributed by atoms with Crippen LogP contribution in [0.1, 0.15) is 75.9 Å². The molecule has 1 aliphatic carbocycles. The van der Waals surface area contributed by atoms with Gasteiger partial charge in [-0.2, -0.15) is 0 Å². The number of aryl methyl sites for hydroxylation is 1. The number of alkyl halides is 2. The molecule has 0 spiro atoms. The van der Waals surface area contributed by atoms with E-state index in [-0.39, 0.29) is 17.4 Å². The Morgan fingerprint density at radius 1 is 0.921 bits per heavy atom. The lowest BCUT2D eigenvalue weighted by Crippen LogP contribution is -2.28. The van der Waals surface area contributed by atoms with Crippen LogP contribution in [0.25, 0.3) is 11.3 Å². The summed E-state index contributed by atoms with van der Waals surface area (Å²) >= 11 is 0. The number of amides is 1. The molecule has 2 heterocycles. The number of halogens is 2. The van der Waals surface area contributed by atoms with E-state index in [0.29, 0.717) is 35.5 Å². The molecule has 0 radical (unpaired) electrons. The number of nitrogens with one attached hydrogen (secondary N) is 1. The molecule has 3 aromatic rings. The number of ether oxygens (including phenoxy) is 2. The van der Waals surface area contributed by atoms with Crippen LogP contribution < -0.4 is 14.8 Å². The fourth-order valence-corrected chi connectivity index (χ4v) is 3.90. The van der Waals surface area contributed by atoms with Crippen molar-refractivity contribution in [1.29, 1.82) is 0 Å². The summed E-state index contributed by atoms with van der Waals surface area (Å²) in [7, 11) is 0. The number of aromatic nitrogens is 1. The van der Waals surface area contributed by atoms with E-state index in [0.717, 1.165) is 17.4 Å². The summed E-state index contributed by atoms with van der Waals surface area (Å²) in [4.78, 5) is 28.8. The fraction of sp³-hybridized carbons (Fsp3) is 0.367. The molecule has 1 fully saturated rings. The topological polar surface area (TPSA) is 77.5 Å². The zero-order valence-corrected chi connectivity index (χ0v) is 23.0. The van der Waals surface area contributed by atoms with Crippen molar-refractivity contribution in [2.75, 3.05) is 5.32 Å². The molecule has 6 nitrogen and oxygen atoms in total. The van der Waals surface area contributed by atoms with E-state index in [1.165, 1.54) is 12.1 Å². The molecular weight excluding hydrogens is 490 g/mol. The van der Waals surface area contributed by atoms with Gasteiger partial charge in [0.25, 0.3) is 0 Å². The second-order valence-corrected chi connectivity index (χ2v) is 7.97. The molecule has 0 atom stereocenters. The van der Waals surface area contributed by atoms with Crippen LogP contribution >= 0.6 is 0 Å². The van der Waals surface area contributed by atoms with Crippen molar-refractivity contribution in [3.63, 3.8) is 0 Å². The Morgan fingerprint density at radius 2 is 1.58 bits per heavy atom. The normalized spacial score (nSPS) is 14.8. The Kier molecular flexibility index (Phi) is 10.5. The van der Waals surface area contributed by atoms with Crippen LogP contribution in [0.15, 0.2) is 54.6 Å². The number of rotatable bonds is 5. The van der Waals surface area contributed by atoms with E-state index in [9.17, 15) is 18.4 Å². The lowest BCUT2D eigenvalue weighted by atomic mass is 9.94. The van der Waals surface area contributed by atoms with Crippen LogP contribution in [-0.4, -0.2) is 23.5 Å². The van der Waals surface area contributed by atoms with E-state index in [1.54, 1.807) is 30.3 Å². The number of carbonyl (C=O) groups is 2. The second-order valence-electron chi connectivity index (χ2n) is 7.97. The van der Waals surface area contributed by atoms with Crippen LogP contribution in [0.5, 0.6) is 11.5 Å². The number of anilines is 1. The second kappa shape index (κ2) is 13.1. The minimum atomic E-state index is -3.71. The average Bonchev–Trinajstić information content (AvgIpc) is 3.70. The Labute approximate surface area is 223 Å². The van der Waals surface area contributed by atoms with E-state index < -0.39 is 11.7 Å². The standard InChI is InChI=1S/C24H18F2N2O4.3C2H6/c1-14-5-8-20(27-21(14)16-4-2-3-15(11-16)13-29)28-22(30)23(9-10-23)17-6-7-18-19(12-17)32-24(25,26)31-18;3*1-2/h2-8,11-13H,9-10H2,1H3,(H,27,28,30);3*1-2H3. The number of nitrogens with zero attached hydrogens (tertiary/aromatic N) is 1. The summed E-state index contributed by atoms with van der Waals surface area (Å²) in [5.41, 5.74) is 2.59. The van der Waals surface area contributed by atoms with Gasteiger partial charge in [0.05, 0.1) is 11.1 Å². The minimum absolute atomic E-state index is 0.0580. The molecular formula is C30H36F2N2O4. The molecule has 1 amide bonds. The molecule has 2 aliphatic rings. The monoisotopic (exact) mass is 526 g/mol. The summed E-state index contributed by atoms with van der Waals surface area (Å²) in [5, 5.41) is 2.85. The number of pyridine rings is 1. The van der Waals surface area contributed by atoms with Gasteiger partial charge in [-0.3, -0.25) is 9.59 Å². The van der Waals surface area contributed by atoms with Gasteiger partial charge in [0.1, 0.15) is 12.1 Å². The van der Waals surface area contributed by atoms with Crippen molar-refractivity contribution in [2.24, 2.45) is 0 Å². The van der Waals surface area contributed by atoms with Gasteiger partial charge in [-0.25, -0.2) is 4.98 Å². The van der Waals surface area contributed by atoms with Gasteiger partial charge in [0.2, 0.25) is 5.91 Å². The van der Waals surface area contributed by atoms with Crippen LogP contribution in [-0.2, 0) is 10.2 Å². The maximum absolute atomic E-state index is 13.3. The number of hydrogen-bond acceptors (Lipinski definition) is 5. The lowest BCUT2D eigenvalue weighted by Gasteiger charge is -2.17. The third-order valence-electron chi connectivity index (χ3n) is 5.77. The highest BCUT2D eigenvalue weighted by Gasteiger charge is 2.53. The van der Waals surface area contributed by atoms with Gasteiger partial charge in [0, 0.05) is 11.1 Å². The molecule has 1 saturated carbocycles. The van der Waals surface area contributed by atoms with Crippen LogP contribution in [0, 0.1) is 6.92 Å². The number of fused-ring (bicyclic) bond motifs is 1. The van der Waals surface area contributed by atoms with Gasteiger partial charge in [-0.15, -0.1) is 8.78 Å². The van der Waals surface area contributed by atoms with Gasteiger partial charge in [0.15, 0.2) is 11.5 Å². The Balaban J connectivity index is 0.000000791. The van der Waals surface area contributed by atoms with Gasteiger partial charge >= 0.3 is 6.29 Å². The highest BCUT2D eigenvalue weighted by molar-refractivity contribution is 6.01. The summed E-state index contributed by atoms with van der Waals surface area (Å²) in [6.45, 7) is 13.9. The highest BCUT2D eigenvalue weighted by Crippen LogP contribution is 2.52. The van der Waals surface area contributed by atoms with Gasteiger partial charge in [-0.1, -0.05) is 71.9 Å². The minimum Gasteiger partial charge on any atom is -0.395 e. The Morgan fingerprint density at radius 3 is 2.21 bits per heavy atom. The molecule has 0 bridgehead atoms. The molecule has 1 aromatic heterocycles. The fourth-order valence-electron chi connectivity index (χ4n) is 3.90. The first-order chi connectivity index (χ1) is 18.3. The molecule has 2 aromatic carbocycles. The highest BCUT2D eigenvalue weighted by atomic mass is 19.3. The molecule has 0 unspecified atom stereocenters. The number of benzene rings is 2. The largest absolute Gasteiger partial charge is 0.586 e. The zero-order chi connectivity index (χ0) is 28.5.